The van der Waals surface area contributed by atoms with Crippen LogP contribution in [0.1, 0.15) is 18.5 Å². The molecule has 2 rings (SSSR count). The van der Waals surface area contributed by atoms with Crippen LogP contribution in [0.5, 0.6) is 0 Å². The number of aromatic nitrogens is 2. The first-order chi connectivity index (χ1) is 8.56. The normalized spacial score (nSPS) is 12.2. The van der Waals surface area contributed by atoms with Crippen molar-refractivity contribution in [2.45, 2.75) is 13.0 Å². The Kier molecular flexibility index (Phi) is 4.43. The summed E-state index contributed by atoms with van der Waals surface area (Å²) in [4.78, 5) is 0. The lowest BCUT2D eigenvalue weighted by Gasteiger charge is -2.16. The molecule has 1 heterocycles. The summed E-state index contributed by atoms with van der Waals surface area (Å²) in [7, 11) is 0. The van der Waals surface area contributed by atoms with Crippen LogP contribution in [0.25, 0.3) is 0 Å². The number of halogens is 3. The molecule has 0 aliphatic heterocycles. The predicted molar refractivity (Wildman–Crippen MR) is 78.2 cm³/mol. The van der Waals surface area contributed by atoms with E-state index in [2.05, 4.69) is 31.4 Å². The topological polar surface area (TPSA) is 37.8 Å². The lowest BCUT2D eigenvalue weighted by molar-refractivity contribution is 0.878. The molecule has 0 aliphatic rings. The zero-order valence-electron chi connectivity index (χ0n) is 9.49. The van der Waals surface area contributed by atoms with Crippen molar-refractivity contribution in [3.05, 3.63) is 50.7 Å². The van der Waals surface area contributed by atoms with Gasteiger partial charge in [0.1, 0.15) is 0 Å². The maximum atomic E-state index is 5.95. The maximum absolute atomic E-state index is 5.95. The second-order valence-corrected chi connectivity index (χ2v) is 5.45. The monoisotopic (exact) mass is 345 g/mol. The van der Waals surface area contributed by atoms with Crippen LogP contribution in [0.15, 0.2) is 34.8 Å². The molecule has 1 atom stereocenters. The first-order valence-corrected chi connectivity index (χ1v) is 6.82. The van der Waals surface area contributed by atoms with Crippen molar-refractivity contribution in [1.82, 2.24) is 10.2 Å². The Morgan fingerprint density at radius 2 is 1.83 bits per heavy atom. The molecule has 1 aromatic carbocycles. The van der Waals surface area contributed by atoms with Gasteiger partial charge >= 0.3 is 0 Å². The van der Waals surface area contributed by atoms with Crippen molar-refractivity contribution < 1.29 is 0 Å². The van der Waals surface area contributed by atoms with Crippen molar-refractivity contribution >= 4 is 44.8 Å². The van der Waals surface area contributed by atoms with Gasteiger partial charge in [0, 0.05) is 16.6 Å². The van der Waals surface area contributed by atoms with E-state index in [1.165, 1.54) is 0 Å². The van der Waals surface area contributed by atoms with Crippen LogP contribution in [0.2, 0.25) is 10.3 Å². The highest BCUT2D eigenvalue weighted by atomic mass is 79.9. The van der Waals surface area contributed by atoms with Crippen molar-refractivity contribution in [2.75, 3.05) is 5.32 Å². The number of benzene rings is 1. The number of nitrogens with one attached hydrogen (secondary N) is 1. The highest BCUT2D eigenvalue weighted by molar-refractivity contribution is 9.10. The summed E-state index contributed by atoms with van der Waals surface area (Å²) in [6, 6.07) is 9.81. The van der Waals surface area contributed by atoms with Crippen LogP contribution >= 0.6 is 39.1 Å². The third kappa shape index (κ3) is 3.34. The molecule has 2 aromatic rings. The summed E-state index contributed by atoms with van der Waals surface area (Å²) in [5.74, 6) is 0. The fraction of sp³-hybridized carbons (Fsp3) is 0.167. The van der Waals surface area contributed by atoms with Crippen LogP contribution in [0.4, 0.5) is 5.69 Å². The molecule has 1 N–H and O–H groups in total. The molecule has 1 unspecified atom stereocenters. The van der Waals surface area contributed by atoms with Crippen molar-refractivity contribution in [3.63, 3.8) is 0 Å². The average molecular weight is 347 g/mol. The minimum absolute atomic E-state index is 0.0934. The smallest absolute Gasteiger partial charge is 0.174 e. The largest absolute Gasteiger partial charge is 0.376 e. The van der Waals surface area contributed by atoms with Gasteiger partial charge < -0.3 is 5.32 Å². The molecule has 94 valence electrons. The van der Waals surface area contributed by atoms with Gasteiger partial charge in [-0.15, -0.1) is 10.2 Å². The van der Waals surface area contributed by atoms with Crippen LogP contribution in [-0.2, 0) is 0 Å². The summed E-state index contributed by atoms with van der Waals surface area (Å²) in [5.41, 5.74) is 1.81. The highest BCUT2D eigenvalue weighted by Gasteiger charge is 2.09. The Bertz CT molecular complexity index is 546. The van der Waals surface area contributed by atoms with E-state index in [0.717, 1.165) is 10.0 Å². The molecule has 0 aliphatic carbocycles. The molecule has 0 fully saturated rings. The fourth-order valence-electron chi connectivity index (χ4n) is 1.52. The molecule has 0 amide bonds. The lowest BCUT2D eigenvalue weighted by Crippen LogP contribution is -2.07. The molecular weight excluding hydrogens is 337 g/mol. The minimum Gasteiger partial charge on any atom is -0.376 e. The average Bonchev–Trinajstić information content (AvgIpc) is 2.34. The second kappa shape index (κ2) is 5.87. The van der Waals surface area contributed by atoms with E-state index in [4.69, 9.17) is 23.2 Å². The van der Waals surface area contributed by atoms with E-state index in [0.29, 0.717) is 16.0 Å². The van der Waals surface area contributed by atoms with Crippen molar-refractivity contribution in [2.24, 2.45) is 0 Å². The van der Waals surface area contributed by atoms with Gasteiger partial charge in [0.15, 0.2) is 10.3 Å². The summed E-state index contributed by atoms with van der Waals surface area (Å²) >= 11 is 15.1. The molecule has 6 heteroatoms. The zero-order chi connectivity index (χ0) is 13.1. The van der Waals surface area contributed by atoms with Crippen LogP contribution in [0, 0.1) is 0 Å². The standard InChI is InChI=1S/C12H10BrCl2N3/c1-7(8-2-4-9(13)5-3-8)16-10-6-11(14)17-18-12(10)15/h2-7H,1H3,(H,16,17). The number of nitrogens with zero attached hydrogens (tertiary/aromatic N) is 2. The van der Waals surface area contributed by atoms with Crippen LogP contribution in [0.3, 0.4) is 0 Å². The Morgan fingerprint density at radius 1 is 1.17 bits per heavy atom. The van der Waals surface area contributed by atoms with Gasteiger partial charge in [-0.3, -0.25) is 0 Å². The van der Waals surface area contributed by atoms with E-state index in [-0.39, 0.29) is 6.04 Å². The molecule has 18 heavy (non-hydrogen) atoms. The molecular formula is C12H10BrCl2N3. The van der Waals surface area contributed by atoms with Crippen LogP contribution in [-0.4, -0.2) is 10.2 Å². The van der Waals surface area contributed by atoms with Gasteiger partial charge in [-0.1, -0.05) is 51.3 Å². The molecule has 1 aromatic heterocycles. The first kappa shape index (κ1) is 13.6. The summed E-state index contributed by atoms with van der Waals surface area (Å²) in [6.07, 6.45) is 0. The predicted octanol–water partition coefficient (Wildman–Crippen LogP) is 4.72. The Morgan fingerprint density at radius 3 is 2.50 bits per heavy atom. The Hall–Kier alpha value is -0.840. The highest BCUT2D eigenvalue weighted by Crippen LogP contribution is 2.26. The molecule has 0 saturated heterocycles. The van der Waals surface area contributed by atoms with E-state index in [9.17, 15) is 0 Å². The molecule has 0 saturated carbocycles. The lowest BCUT2D eigenvalue weighted by atomic mass is 10.1. The molecule has 0 bridgehead atoms. The van der Waals surface area contributed by atoms with Crippen molar-refractivity contribution in [3.8, 4) is 0 Å². The molecule has 0 spiro atoms. The summed E-state index contributed by atoms with van der Waals surface area (Å²) in [5, 5.41) is 11.3. The summed E-state index contributed by atoms with van der Waals surface area (Å²) in [6.45, 7) is 2.04. The van der Waals surface area contributed by atoms with Gasteiger partial charge in [0.05, 0.1) is 5.69 Å². The fourth-order valence-corrected chi connectivity index (χ4v) is 2.08. The van der Waals surface area contributed by atoms with E-state index in [1.807, 2.05) is 31.2 Å². The zero-order valence-corrected chi connectivity index (χ0v) is 12.6. The van der Waals surface area contributed by atoms with E-state index < -0.39 is 0 Å². The van der Waals surface area contributed by atoms with Crippen LogP contribution < -0.4 is 5.32 Å². The number of hydrogen-bond donors (Lipinski definition) is 1. The maximum Gasteiger partial charge on any atom is 0.174 e. The SMILES string of the molecule is CC(Nc1cc(Cl)nnc1Cl)c1ccc(Br)cc1. The Balaban J connectivity index is 2.18. The molecule has 3 nitrogen and oxygen atoms in total. The molecule has 0 radical (unpaired) electrons. The van der Waals surface area contributed by atoms with Gasteiger partial charge in [-0.2, -0.15) is 0 Å². The van der Waals surface area contributed by atoms with Gasteiger partial charge in [-0.05, 0) is 24.6 Å². The van der Waals surface area contributed by atoms with E-state index >= 15 is 0 Å². The van der Waals surface area contributed by atoms with Gasteiger partial charge in [-0.25, -0.2) is 0 Å². The van der Waals surface area contributed by atoms with Gasteiger partial charge in [0.25, 0.3) is 0 Å². The van der Waals surface area contributed by atoms with Crippen molar-refractivity contribution in [1.29, 1.82) is 0 Å². The summed E-state index contributed by atoms with van der Waals surface area (Å²) < 4.78 is 1.05. The van der Waals surface area contributed by atoms with Gasteiger partial charge in [0.2, 0.25) is 0 Å². The quantitative estimate of drug-likeness (QED) is 0.873. The second-order valence-electron chi connectivity index (χ2n) is 3.79. The third-order valence-corrected chi connectivity index (χ3v) is 3.45. The number of anilines is 1. The number of rotatable bonds is 3. The third-order valence-electron chi connectivity index (χ3n) is 2.46. The minimum atomic E-state index is 0.0934. The Labute approximate surface area is 124 Å². The van der Waals surface area contributed by atoms with E-state index in [1.54, 1.807) is 6.07 Å². The first-order valence-electron chi connectivity index (χ1n) is 5.27. The number of hydrogen-bond acceptors (Lipinski definition) is 3.